The van der Waals surface area contributed by atoms with Crippen molar-refractivity contribution in [1.29, 1.82) is 0 Å². The van der Waals surface area contributed by atoms with Crippen molar-refractivity contribution >= 4 is 17.7 Å². The van der Waals surface area contributed by atoms with E-state index in [1.54, 1.807) is 24.3 Å². The minimum absolute atomic E-state index is 0.0243. The number of ketones is 1. The van der Waals surface area contributed by atoms with Crippen LogP contribution in [-0.4, -0.2) is 17.7 Å². The van der Waals surface area contributed by atoms with Crippen molar-refractivity contribution < 1.29 is 19.1 Å². The van der Waals surface area contributed by atoms with Crippen molar-refractivity contribution in [1.82, 2.24) is 0 Å². The second-order valence-electron chi connectivity index (χ2n) is 6.53. The van der Waals surface area contributed by atoms with Crippen molar-refractivity contribution in [2.75, 3.05) is 0 Å². The first kappa shape index (κ1) is 15.7. The number of ether oxygens (including phenoxy) is 1. The highest BCUT2D eigenvalue weighted by atomic mass is 16.5. The number of fused-ring (bicyclic) bond motifs is 2. The number of esters is 1. The third kappa shape index (κ3) is 3.28. The molecule has 1 aromatic carbocycles. The van der Waals surface area contributed by atoms with Gasteiger partial charge in [0.1, 0.15) is 5.78 Å². The number of primary amides is 1. The highest BCUT2D eigenvalue weighted by Crippen LogP contribution is 2.40. The molecule has 3 rings (SSSR count). The second-order valence-corrected chi connectivity index (χ2v) is 6.53. The van der Waals surface area contributed by atoms with Gasteiger partial charge < -0.3 is 10.5 Å². The number of carbonyl (C=O) groups is 3. The molecule has 122 valence electrons. The monoisotopic (exact) mass is 315 g/mol. The van der Waals surface area contributed by atoms with E-state index in [4.69, 9.17) is 10.5 Å². The number of Topliss-reactive ketones (excluding diaryl/α,β-unsaturated/α-hetero) is 1. The molecule has 5 heteroatoms. The standard InChI is InChI=1S/C18H21NO4/c19-17(21)16(11-5-2-1-3-6-11)23-18(22)14-9-12-7-4-8-13(10-14)15(12)20/h1-3,5-6,12-14,16H,4,7-10H2,(H2,19,21)/t12-,13+,14?,16-/m0/s1. The zero-order valence-corrected chi connectivity index (χ0v) is 12.9. The molecule has 0 heterocycles. The fourth-order valence-corrected chi connectivity index (χ4v) is 3.80. The molecule has 1 aromatic rings. The average Bonchev–Trinajstić information content (AvgIpc) is 2.52. The van der Waals surface area contributed by atoms with E-state index >= 15 is 0 Å². The summed E-state index contributed by atoms with van der Waals surface area (Å²) in [4.78, 5) is 36.2. The Kier molecular flexibility index (Phi) is 4.46. The third-order valence-corrected chi connectivity index (χ3v) is 4.98. The van der Waals surface area contributed by atoms with Crippen LogP contribution in [0.15, 0.2) is 30.3 Å². The van der Waals surface area contributed by atoms with Crippen LogP contribution in [0.1, 0.15) is 43.8 Å². The fraction of sp³-hybridized carbons (Fsp3) is 0.500. The minimum Gasteiger partial charge on any atom is -0.447 e. The summed E-state index contributed by atoms with van der Waals surface area (Å²) < 4.78 is 5.41. The maximum absolute atomic E-state index is 12.5. The van der Waals surface area contributed by atoms with Gasteiger partial charge in [-0.15, -0.1) is 0 Å². The van der Waals surface area contributed by atoms with Crippen LogP contribution >= 0.6 is 0 Å². The predicted molar refractivity (Wildman–Crippen MR) is 83.0 cm³/mol. The Morgan fingerprint density at radius 2 is 1.70 bits per heavy atom. The van der Waals surface area contributed by atoms with E-state index in [1.807, 2.05) is 6.07 Å². The summed E-state index contributed by atoms with van der Waals surface area (Å²) in [5.74, 6) is -1.16. The quantitative estimate of drug-likeness (QED) is 0.863. The van der Waals surface area contributed by atoms with E-state index in [9.17, 15) is 14.4 Å². The number of hydrogen-bond donors (Lipinski definition) is 1. The molecule has 0 aromatic heterocycles. The maximum Gasteiger partial charge on any atom is 0.310 e. The molecule has 5 nitrogen and oxygen atoms in total. The molecule has 2 aliphatic rings. The van der Waals surface area contributed by atoms with Gasteiger partial charge in [-0.05, 0) is 25.7 Å². The van der Waals surface area contributed by atoms with Gasteiger partial charge in [-0.1, -0.05) is 36.8 Å². The number of hydrogen-bond acceptors (Lipinski definition) is 4. The SMILES string of the molecule is NC(=O)[C@@H](OC(=O)C1C[C@H]2CCC[C@@H](C1)C2=O)c1ccccc1. The smallest absolute Gasteiger partial charge is 0.310 e. The molecule has 0 saturated heterocycles. The molecule has 2 aliphatic carbocycles. The van der Waals surface area contributed by atoms with Crippen molar-refractivity contribution in [3.05, 3.63) is 35.9 Å². The lowest BCUT2D eigenvalue weighted by molar-refractivity contribution is -0.163. The second kappa shape index (κ2) is 6.52. The van der Waals surface area contributed by atoms with Gasteiger partial charge in [0.05, 0.1) is 5.92 Å². The molecule has 2 bridgehead atoms. The van der Waals surface area contributed by atoms with Gasteiger partial charge in [-0.3, -0.25) is 14.4 Å². The molecule has 0 spiro atoms. The van der Waals surface area contributed by atoms with Gasteiger partial charge in [0, 0.05) is 17.4 Å². The molecule has 1 unspecified atom stereocenters. The van der Waals surface area contributed by atoms with E-state index in [2.05, 4.69) is 0 Å². The van der Waals surface area contributed by atoms with Crippen LogP contribution in [0.2, 0.25) is 0 Å². The minimum atomic E-state index is -1.07. The first-order valence-electron chi connectivity index (χ1n) is 8.14. The van der Waals surface area contributed by atoms with Gasteiger partial charge >= 0.3 is 5.97 Å². The molecular formula is C18H21NO4. The summed E-state index contributed by atoms with van der Waals surface area (Å²) >= 11 is 0. The molecule has 2 fully saturated rings. The lowest BCUT2D eigenvalue weighted by Crippen LogP contribution is -2.40. The Hall–Kier alpha value is -2.17. The van der Waals surface area contributed by atoms with Crippen molar-refractivity contribution in [2.24, 2.45) is 23.5 Å². The van der Waals surface area contributed by atoms with Crippen molar-refractivity contribution in [3.63, 3.8) is 0 Å². The zero-order chi connectivity index (χ0) is 16.4. The summed E-state index contributed by atoms with van der Waals surface area (Å²) in [5.41, 5.74) is 5.96. The van der Waals surface area contributed by atoms with Gasteiger partial charge in [-0.25, -0.2) is 0 Å². The van der Waals surface area contributed by atoms with Crippen LogP contribution in [0, 0.1) is 17.8 Å². The summed E-state index contributed by atoms with van der Waals surface area (Å²) in [6, 6.07) is 8.77. The van der Waals surface area contributed by atoms with E-state index in [0.717, 1.165) is 19.3 Å². The topological polar surface area (TPSA) is 86.5 Å². The first-order chi connectivity index (χ1) is 11.1. The molecule has 0 radical (unpaired) electrons. The van der Waals surface area contributed by atoms with Crippen LogP contribution in [0.25, 0.3) is 0 Å². The van der Waals surface area contributed by atoms with Crippen LogP contribution in [-0.2, 0) is 19.1 Å². The Labute approximate surface area is 135 Å². The number of rotatable bonds is 4. The molecule has 0 aliphatic heterocycles. The average molecular weight is 315 g/mol. The van der Waals surface area contributed by atoms with Gasteiger partial charge in [0.2, 0.25) is 6.10 Å². The number of carbonyl (C=O) groups excluding carboxylic acids is 3. The molecule has 4 atom stereocenters. The van der Waals surface area contributed by atoms with E-state index in [1.165, 1.54) is 0 Å². The molecule has 23 heavy (non-hydrogen) atoms. The number of amides is 1. The summed E-state index contributed by atoms with van der Waals surface area (Å²) in [7, 11) is 0. The predicted octanol–water partition coefficient (Wildman–Crippen LogP) is 2.15. The highest BCUT2D eigenvalue weighted by Gasteiger charge is 2.42. The van der Waals surface area contributed by atoms with Crippen LogP contribution < -0.4 is 5.73 Å². The number of nitrogens with two attached hydrogens (primary N) is 1. The van der Waals surface area contributed by atoms with Crippen molar-refractivity contribution in [2.45, 2.75) is 38.2 Å². The summed E-state index contributed by atoms with van der Waals surface area (Å²) in [5, 5.41) is 0. The fourth-order valence-electron chi connectivity index (χ4n) is 3.80. The Balaban J connectivity index is 1.70. The highest BCUT2D eigenvalue weighted by molar-refractivity contribution is 5.88. The summed E-state index contributed by atoms with van der Waals surface area (Å²) in [6.07, 6.45) is 2.77. The largest absolute Gasteiger partial charge is 0.447 e. The van der Waals surface area contributed by atoms with Crippen molar-refractivity contribution in [3.8, 4) is 0 Å². The zero-order valence-electron chi connectivity index (χ0n) is 12.9. The van der Waals surface area contributed by atoms with E-state index < -0.39 is 18.0 Å². The molecule has 1 amide bonds. The molecular weight excluding hydrogens is 294 g/mol. The van der Waals surface area contributed by atoms with E-state index in [0.29, 0.717) is 24.2 Å². The first-order valence-corrected chi connectivity index (χ1v) is 8.14. The summed E-state index contributed by atoms with van der Waals surface area (Å²) in [6.45, 7) is 0. The van der Waals surface area contributed by atoms with Gasteiger partial charge in [0.25, 0.3) is 5.91 Å². The lowest BCUT2D eigenvalue weighted by atomic mass is 9.67. The van der Waals surface area contributed by atoms with Crippen LogP contribution in [0.3, 0.4) is 0 Å². The Morgan fingerprint density at radius 1 is 1.09 bits per heavy atom. The van der Waals surface area contributed by atoms with Gasteiger partial charge in [0.15, 0.2) is 0 Å². The normalized spacial score (nSPS) is 28.0. The van der Waals surface area contributed by atoms with Crippen LogP contribution in [0.5, 0.6) is 0 Å². The third-order valence-electron chi connectivity index (χ3n) is 4.98. The Morgan fingerprint density at radius 3 is 2.26 bits per heavy atom. The molecule has 2 saturated carbocycles. The molecule has 2 N–H and O–H groups in total. The Bertz CT molecular complexity index is 597. The van der Waals surface area contributed by atoms with Gasteiger partial charge in [-0.2, -0.15) is 0 Å². The maximum atomic E-state index is 12.5. The number of benzene rings is 1. The van der Waals surface area contributed by atoms with Crippen LogP contribution in [0.4, 0.5) is 0 Å². The lowest BCUT2D eigenvalue weighted by Gasteiger charge is -2.36. The van der Waals surface area contributed by atoms with E-state index in [-0.39, 0.29) is 17.8 Å².